The van der Waals surface area contributed by atoms with Gasteiger partial charge in [-0.15, -0.1) is 0 Å². The Balaban J connectivity index is 2.18. The second-order valence-corrected chi connectivity index (χ2v) is 6.18. The van der Waals surface area contributed by atoms with Gasteiger partial charge in [-0.3, -0.25) is 4.79 Å². The molecule has 13 nitrogen and oxygen atoms in total. The standard InChI is InChI=1S/C14H22O13/c1-3(15)24-2-4-10(7(18)8(19)13(23)25-4)26-14-9(20)5(16)6(17)11(27-14)12(21)22/h4-11,13-14,16-20,23H,2H2,1H3,(H,21,22). The molecular weight excluding hydrogens is 376 g/mol. The summed E-state index contributed by atoms with van der Waals surface area (Å²) in [6.45, 7) is 0.570. The van der Waals surface area contributed by atoms with Gasteiger partial charge in [0, 0.05) is 6.92 Å². The van der Waals surface area contributed by atoms with Gasteiger partial charge in [-0.1, -0.05) is 0 Å². The number of ether oxygens (including phenoxy) is 4. The van der Waals surface area contributed by atoms with E-state index in [9.17, 15) is 40.2 Å². The van der Waals surface area contributed by atoms with Crippen molar-refractivity contribution in [2.45, 2.75) is 68.3 Å². The van der Waals surface area contributed by atoms with Crippen LogP contribution in [0.1, 0.15) is 6.92 Å². The lowest BCUT2D eigenvalue weighted by Gasteiger charge is -2.44. The van der Waals surface area contributed by atoms with Gasteiger partial charge in [-0.25, -0.2) is 4.79 Å². The van der Waals surface area contributed by atoms with Crippen molar-refractivity contribution in [1.82, 2.24) is 0 Å². The zero-order chi connectivity index (χ0) is 20.5. The first kappa shape index (κ1) is 21.9. The minimum absolute atomic E-state index is 0.517. The summed E-state index contributed by atoms with van der Waals surface area (Å²) >= 11 is 0. The van der Waals surface area contributed by atoms with E-state index in [2.05, 4.69) is 0 Å². The van der Waals surface area contributed by atoms with Crippen molar-refractivity contribution in [3.8, 4) is 0 Å². The molecule has 0 aromatic heterocycles. The molecule has 0 amide bonds. The Morgan fingerprint density at radius 1 is 0.889 bits per heavy atom. The van der Waals surface area contributed by atoms with Crippen LogP contribution in [-0.4, -0.2) is 116 Å². The summed E-state index contributed by atoms with van der Waals surface area (Å²) in [4.78, 5) is 22.1. The number of hydrogen-bond donors (Lipinski definition) is 7. The van der Waals surface area contributed by atoms with Gasteiger partial charge in [0.25, 0.3) is 0 Å². The smallest absolute Gasteiger partial charge is 0.335 e. The summed E-state index contributed by atoms with van der Waals surface area (Å²) in [6.07, 6.45) is -18.0. The number of carboxylic acids is 1. The summed E-state index contributed by atoms with van der Waals surface area (Å²) in [6, 6.07) is 0. The Labute approximate surface area is 152 Å². The van der Waals surface area contributed by atoms with Crippen LogP contribution in [0.3, 0.4) is 0 Å². The molecule has 0 radical (unpaired) electrons. The van der Waals surface area contributed by atoms with E-state index >= 15 is 0 Å². The van der Waals surface area contributed by atoms with Crippen LogP contribution in [0.25, 0.3) is 0 Å². The second kappa shape index (κ2) is 8.72. The molecule has 2 saturated heterocycles. The molecular formula is C14H22O13. The highest BCUT2D eigenvalue weighted by Crippen LogP contribution is 2.29. The molecule has 156 valence electrons. The maximum Gasteiger partial charge on any atom is 0.335 e. The van der Waals surface area contributed by atoms with Gasteiger partial charge in [0.15, 0.2) is 18.7 Å². The number of esters is 1. The molecule has 0 aromatic carbocycles. The van der Waals surface area contributed by atoms with E-state index in [-0.39, 0.29) is 0 Å². The minimum atomic E-state index is -1.95. The topological polar surface area (TPSA) is 213 Å². The second-order valence-electron chi connectivity index (χ2n) is 6.18. The molecule has 0 saturated carbocycles. The van der Waals surface area contributed by atoms with Crippen molar-refractivity contribution >= 4 is 11.9 Å². The molecule has 27 heavy (non-hydrogen) atoms. The molecule has 2 fully saturated rings. The third kappa shape index (κ3) is 4.71. The molecule has 0 bridgehead atoms. The summed E-state index contributed by atoms with van der Waals surface area (Å²) in [5.41, 5.74) is 0. The predicted octanol–water partition coefficient (Wildman–Crippen LogP) is -4.73. The van der Waals surface area contributed by atoms with Crippen molar-refractivity contribution < 1.29 is 64.3 Å². The van der Waals surface area contributed by atoms with Crippen LogP contribution in [0.15, 0.2) is 0 Å². The Morgan fingerprint density at radius 3 is 2.07 bits per heavy atom. The van der Waals surface area contributed by atoms with Gasteiger partial charge >= 0.3 is 11.9 Å². The number of aliphatic hydroxyl groups is 6. The molecule has 2 aliphatic heterocycles. The number of carbonyl (C=O) groups is 2. The van der Waals surface area contributed by atoms with Gasteiger partial charge in [0.05, 0.1) is 0 Å². The zero-order valence-electron chi connectivity index (χ0n) is 14.1. The van der Waals surface area contributed by atoms with E-state index in [1.54, 1.807) is 0 Å². The van der Waals surface area contributed by atoms with Crippen LogP contribution in [0.5, 0.6) is 0 Å². The fraction of sp³-hybridized carbons (Fsp3) is 0.857. The number of carboxylic acid groups (broad SMARTS) is 1. The Bertz CT molecular complexity index is 541. The lowest BCUT2D eigenvalue weighted by atomic mass is 9.97. The molecule has 13 heteroatoms. The normalized spacial score (nSPS) is 45.3. The van der Waals surface area contributed by atoms with Crippen molar-refractivity contribution in [3.05, 3.63) is 0 Å². The highest BCUT2D eigenvalue weighted by molar-refractivity contribution is 5.73. The molecule has 2 aliphatic rings. The minimum Gasteiger partial charge on any atom is -0.479 e. The number of hydrogen-bond acceptors (Lipinski definition) is 12. The highest BCUT2D eigenvalue weighted by Gasteiger charge is 2.52. The monoisotopic (exact) mass is 398 g/mol. The summed E-state index contributed by atoms with van der Waals surface area (Å²) in [5.74, 6) is -2.36. The maximum absolute atomic E-state index is 11.1. The van der Waals surface area contributed by atoms with E-state index in [0.29, 0.717) is 0 Å². The van der Waals surface area contributed by atoms with Crippen molar-refractivity contribution in [2.24, 2.45) is 0 Å². The van der Waals surface area contributed by atoms with E-state index in [1.165, 1.54) is 0 Å². The van der Waals surface area contributed by atoms with E-state index in [1.807, 2.05) is 0 Å². The summed E-state index contributed by atoms with van der Waals surface area (Å²) < 4.78 is 19.9. The first-order valence-electron chi connectivity index (χ1n) is 7.95. The predicted molar refractivity (Wildman–Crippen MR) is 78.7 cm³/mol. The fourth-order valence-electron chi connectivity index (χ4n) is 2.74. The van der Waals surface area contributed by atoms with Gasteiger partial charge in [-0.2, -0.15) is 0 Å². The third-order valence-electron chi connectivity index (χ3n) is 4.21. The number of carbonyl (C=O) groups excluding carboxylic acids is 1. The van der Waals surface area contributed by atoms with Crippen LogP contribution in [0.2, 0.25) is 0 Å². The molecule has 0 aromatic rings. The number of rotatable bonds is 5. The molecule has 10 unspecified atom stereocenters. The molecule has 0 aliphatic carbocycles. The zero-order valence-corrected chi connectivity index (χ0v) is 14.1. The van der Waals surface area contributed by atoms with E-state index in [4.69, 9.17) is 24.1 Å². The first-order chi connectivity index (χ1) is 12.5. The van der Waals surface area contributed by atoms with Crippen LogP contribution in [0.4, 0.5) is 0 Å². The Morgan fingerprint density at radius 2 is 1.52 bits per heavy atom. The number of aliphatic carboxylic acids is 1. The lowest BCUT2D eigenvalue weighted by molar-refractivity contribution is -0.351. The first-order valence-corrected chi connectivity index (χ1v) is 7.95. The summed E-state index contributed by atoms with van der Waals surface area (Å²) in [5, 5.41) is 67.9. The molecule has 2 rings (SSSR count). The maximum atomic E-state index is 11.1. The highest BCUT2D eigenvalue weighted by atomic mass is 16.7. The SMILES string of the molecule is CC(=O)OCC1OC(O)C(O)C(O)C1OC1OC(C(=O)O)C(O)C(O)C1O. The average molecular weight is 398 g/mol. The van der Waals surface area contributed by atoms with Crippen LogP contribution in [0, 0.1) is 0 Å². The van der Waals surface area contributed by atoms with E-state index in [0.717, 1.165) is 6.92 Å². The molecule has 7 N–H and O–H groups in total. The Kier molecular flexibility index (Phi) is 7.07. The van der Waals surface area contributed by atoms with Crippen LogP contribution in [-0.2, 0) is 28.5 Å². The van der Waals surface area contributed by atoms with Gasteiger partial charge in [0.2, 0.25) is 0 Å². The average Bonchev–Trinajstić information content (AvgIpc) is 2.60. The third-order valence-corrected chi connectivity index (χ3v) is 4.21. The quantitative estimate of drug-likeness (QED) is 0.217. The largest absolute Gasteiger partial charge is 0.479 e. The fourth-order valence-corrected chi connectivity index (χ4v) is 2.74. The van der Waals surface area contributed by atoms with Crippen molar-refractivity contribution in [2.75, 3.05) is 6.61 Å². The van der Waals surface area contributed by atoms with E-state index < -0.39 is 80.0 Å². The lowest BCUT2D eigenvalue weighted by Crippen LogP contribution is -2.65. The van der Waals surface area contributed by atoms with Crippen molar-refractivity contribution in [3.63, 3.8) is 0 Å². The molecule has 0 spiro atoms. The number of aliphatic hydroxyl groups excluding tert-OH is 6. The van der Waals surface area contributed by atoms with Crippen LogP contribution >= 0.6 is 0 Å². The molecule has 10 atom stereocenters. The van der Waals surface area contributed by atoms with Crippen LogP contribution < -0.4 is 0 Å². The Hall–Kier alpha value is -1.42. The summed E-state index contributed by atoms with van der Waals surface area (Å²) in [7, 11) is 0. The van der Waals surface area contributed by atoms with Gasteiger partial charge in [-0.05, 0) is 0 Å². The van der Waals surface area contributed by atoms with Gasteiger partial charge < -0.3 is 54.7 Å². The van der Waals surface area contributed by atoms with Crippen molar-refractivity contribution in [1.29, 1.82) is 0 Å². The van der Waals surface area contributed by atoms with Gasteiger partial charge in [0.1, 0.15) is 49.3 Å². The molecule has 2 heterocycles.